The van der Waals surface area contributed by atoms with Gasteiger partial charge in [0.15, 0.2) is 0 Å². The highest BCUT2D eigenvalue weighted by molar-refractivity contribution is 7.89. The standard InChI is InChI=1S/C26H28N2O5S/c1-32-23-8-4-3-7-18(23)17-11-12-21-20(15-17)26-19(22(16-29)27-21)13-14-28(26)34(30,31)25-10-6-5-9-24(25)33-2/h3-12,15,19,22,26-27,29H,13-14,16H2,1-2H3/t19-,22-,26-/m0/s1. The van der Waals surface area contributed by atoms with Gasteiger partial charge in [0.05, 0.1) is 32.9 Å². The van der Waals surface area contributed by atoms with Gasteiger partial charge in [-0.1, -0.05) is 36.4 Å². The highest BCUT2D eigenvalue weighted by Gasteiger charge is 2.49. The quantitative estimate of drug-likeness (QED) is 0.556. The normalized spacial score (nSPS) is 21.9. The summed E-state index contributed by atoms with van der Waals surface area (Å²) in [5, 5.41) is 13.5. The fraction of sp³-hybridized carbons (Fsp3) is 0.308. The Morgan fingerprint density at radius 2 is 1.71 bits per heavy atom. The van der Waals surface area contributed by atoms with Crippen molar-refractivity contribution in [1.82, 2.24) is 4.31 Å². The van der Waals surface area contributed by atoms with Crippen LogP contribution >= 0.6 is 0 Å². The molecule has 0 saturated carbocycles. The van der Waals surface area contributed by atoms with E-state index in [-0.39, 0.29) is 23.5 Å². The first kappa shape index (κ1) is 22.7. The topological polar surface area (TPSA) is 88.1 Å². The van der Waals surface area contributed by atoms with E-state index in [9.17, 15) is 13.5 Å². The van der Waals surface area contributed by atoms with Crippen molar-refractivity contribution in [1.29, 1.82) is 0 Å². The smallest absolute Gasteiger partial charge is 0.247 e. The average Bonchev–Trinajstić information content (AvgIpc) is 3.34. The van der Waals surface area contributed by atoms with Crippen LogP contribution in [0.15, 0.2) is 71.6 Å². The summed E-state index contributed by atoms with van der Waals surface area (Å²) < 4.78 is 40.2. The SMILES string of the molecule is COc1ccccc1-c1ccc2c(c1)[C@@H]1[C@@H](CCN1S(=O)(=O)c1ccccc1OC)[C@H](CO)N2. The van der Waals surface area contributed by atoms with Gasteiger partial charge in [-0.25, -0.2) is 8.42 Å². The summed E-state index contributed by atoms with van der Waals surface area (Å²) in [5.41, 5.74) is 3.61. The second kappa shape index (κ2) is 8.94. The molecule has 0 radical (unpaired) electrons. The van der Waals surface area contributed by atoms with Gasteiger partial charge in [-0.2, -0.15) is 4.31 Å². The van der Waals surface area contributed by atoms with Crippen LogP contribution in [0.2, 0.25) is 0 Å². The highest BCUT2D eigenvalue weighted by atomic mass is 32.2. The van der Waals surface area contributed by atoms with E-state index in [1.165, 1.54) is 7.11 Å². The molecule has 8 heteroatoms. The summed E-state index contributed by atoms with van der Waals surface area (Å²) in [6.45, 7) is 0.295. The predicted octanol–water partition coefficient (Wildman–Crippen LogP) is 3.91. The Hall–Kier alpha value is -3.07. The summed E-state index contributed by atoms with van der Waals surface area (Å²) in [7, 11) is -0.730. The first-order valence-electron chi connectivity index (χ1n) is 11.3. The van der Waals surface area contributed by atoms with E-state index in [0.29, 0.717) is 18.7 Å². The Morgan fingerprint density at radius 3 is 2.44 bits per heavy atom. The van der Waals surface area contributed by atoms with Crippen LogP contribution in [0.3, 0.4) is 0 Å². The molecule has 0 amide bonds. The maximum Gasteiger partial charge on any atom is 0.247 e. The molecule has 0 spiro atoms. The lowest BCUT2D eigenvalue weighted by atomic mass is 9.82. The highest BCUT2D eigenvalue weighted by Crippen LogP contribution is 2.50. The predicted molar refractivity (Wildman–Crippen MR) is 131 cm³/mol. The summed E-state index contributed by atoms with van der Waals surface area (Å²) in [6.07, 6.45) is 0.648. The number of fused-ring (bicyclic) bond motifs is 3. The Labute approximate surface area is 200 Å². The molecule has 2 heterocycles. The zero-order chi connectivity index (χ0) is 23.9. The van der Waals surface area contributed by atoms with Crippen LogP contribution < -0.4 is 14.8 Å². The second-order valence-electron chi connectivity index (χ2n) is 8.60. The fourth-order valence-corrected chi connectivity index (χ4v) is 7.12. The van der Waals surface area contributed by atoms with E-state index >= 15 is 0 Å². The Bertz CT molecular complexity index is 1310. The van der Waals surface area contributed by atoms with Gasteiger partial charge in [0.2, 0.25) is 10.0 Å². The minimum absolute atomic E-state index is 0.0603. The molecule has 0 aromatic heterocycles. The van der Waals surface area contributed by atoms with E-state index in [1.54, 1.807) is 35.7 Å². The molecular weight excluding hydrogens is 452 g/mol. The van der Waals surface area contributed by atoms with Crippen molar-refractivity contribution in [2.45, 2.75) is 23.4 Å². The van der Waals surface area contributed by atoms with Crippen molar-refractivity contribution in [2.24, 2.45) is 5.92 Å². The van der Waals surface area contributed by atoms with Gasteiger partial charge in [-0.3, -0.25) is 0 Å². The molecule has 3 aromatic carbocycles. The monoisotopic (exact) mass is 480 g/mol. The maximum absolute atomic E-state index is 13.9. The van der Waals surface area contributed by atoms with Crippen molar-refractivity contribution in [3.05, 3.63) is 72.3 Å². The molecule has 2 aliphatic rings. The third-order valence-electron chi connectivity index (χ3n) is 6.90. The fourth-order valence-electron chi connectivity index (χ4n) is 5.30. The van der Waals surface area contributed by atoms with E-state index in [2.05, 4.69) is 5.32 Å². The Kier molecular flexibility index (Phi) is 5.97. The number of benzene rings is 3. The minimum atomic E-state index is -3.84. The van der Waals surface area contributed by atoms with Gasteiger partial charge >= 0.3 is 0 Å². The third kappa shape index (κ3) is 3.62. The Morgan fingerprint density at radius 1 is 1.00 bits per heavy atom. The van der Waals surface area contributed by atoms with Crippen molar-refractivity contribution < 1.29 is 23.0 Å². The van der Waals surface area contributed by atoms with Crippen molar-refractivity contribution in [3.8, 4) is 22.6 Å². The third-order valence-corrected chi connectivity index (χ3v) is 8.82. The van der Waals surface area contributed by atoms with Crippen LogP contribution in [0.4, 0.5) is 5.69 Å². The lowest BCUT2D eigenvalue weighted by Crippen LogP contribution is -2.42. The maximum atomic E-state index is 13.9. The van der Waals surface area contributed by atoms with Crippen molar-refractivity contribution >= 4 is 15.7 Å². The first-order valence-corrected chi connectivity index (χ1v) is 12.7. The number of para-hydroxylation sites is 2. The average molecular weight is 481 g/mol. The largest absolute Gasteiger partial charge is 0.496 e. The molecule has 2 N–H and O–H groups in total. The molecular formula is C26H28N2O5S. The van der Waals surface area contributed by atoms with Crippen LogP contribution in [0.25, 0.3) is 11.1 Å². The second-order valence-corrected chi connectivity index (χ2v) is 10.5. The molecule has 0 bridgehead atoms. The van der Waals surface area contributed by atoms with Gasteiger partial charge in [0.25, 0.3) is 0 Å². The van der Waals surface area contributed by atoms with E-state index < -0.39 is 16.1 Å². The van der Waals surface area contributed by atoms with Crippen LogP contribution in [-0.2, 0) is 10.0 Å². The molecule has 0 aliphatic carbocycles. The number of ether oxygens (including phenoxy) is 2. The molecule has 7 nitrogen and oxygen atoms in total. The van der Waals surface area contributed by atoms with Crippen LogP contribution in [0, 0.1) is 5.92 Å². The van der Waals surface area contributed by atoms with Gasteiger partial charge in [0.1, 0.15) is 16.4 Å². The molecule has 178 valence electrons. The van der Waals surface area contributed by atoms with Crippen LogP contribution in [0.1, 0.15) is 18.0 Å². The van der Waals surface area contributed by atoms with Gasteiger partial charge in [-0.05, 0) is 47.9 Å². The van der Waals surface area contributed by atoms with Crippen molar-refractivity contribution in [3.63, 3.8) is 0 Å². The first-order chi connectivity index (χ1) is 16.5. The number of methoxy groups -OCH3 is 2. The number of rotatable bonds is 6. The van der Waals surface area contributed by atoms with E-state index in [0.717, 1.165) is 28.1 Å². The summed E-state index contributed by atoms with van der Waals surface area (Å²) in [6, 6.07) is 19.8. The molecule has 3 atom stereocenters. The van der Waals surface area contributed by atoms with E-state index in [1.807, 2.05) is 42.5 Å². The molecule has 3 aromatic rings. The lowest BCUT2D eigenvalue weighted by Gasteiger charge is -2.39. The number of anilines is 1. The van der Waals surface area contributed by atoms with Gasteiger partial charge in [0, 0.05) is 23.7 Å². The summed E-state index contributed by atoms with van der Waals surface area (Å²) >= 11 is 0. The molecule has 0 unspecified atom stereocenters. The summed E-state index contributed by atoms with van der Waals surface area (Å²) in [5.74, 6) is 1.01. The lowest BCUT2D eigenvalue weighted by molar-refractivity contribution is 0.210. The molecule has 5 rings (SSSR count). The zero-order valence-corrected chi connectivity index (χ0v) is 20.0. The number of aliphatic hydroxyl groups is 1. The molecule has 1 saturated heterocycles. The number of nitrogens with one attached hydrogen (secondary N) is 1. The minimum Gasteiger partial charge on any atom is -0.496 e. The number of sulfonamides is 1. The number of hydrogen-bond donors (Lipinski definition) is 2. The number of nitrogens with zero attached hydrogens (tertiary/aromatic N) is 1. The van der Waals surface area contributed by atoms with E-state index in [4.69, 9.17) is 9.47 Å². The Balaban J connectivity index is 1.64. The summed E-state index contributed by atoms with van der Waals surface area (Å²) in [4.78, 5) is 0.152. The molecule has 34 heavy (non-hydrogen) atoms. The zero-order valence-electron chi connectivity index (χ0n) is 19.1. The van der Waals surface area contributed by atoms with Crippen molar-refractivity contribution in [2.75, 3.05) is 32.7 Å². The molecule has 2 aliphatic heterocycles. The van der Waals surface area contributed by atoms with Crippen LogP contribution in [0.5, 0.6) is 11.5 Å². The molecule has 1 fully saturated rings. The van der Waals surface area contributed by atoms with Crippen LogP contribution in [-0.4, -0.2) is 51.2 Å². The van der Waals surface area contributed by atoms with Gasteiger partial charge < -0.3 is 19.9 Å². The number of aliphatic hydroxyl groups excluding tert-OH is 1. The van der Waals surface area contributed by atoms with Gasteiger partial charge in [-0.15, -0.1) is 0 Å². The number of hydrogen-bond acceptors (Lipinski definition) is 6.